The maximum absolute atomic E-state index is 11.7. The molecular formula is C14H17NO3. The van der Waals surface area contributed by atoms with Crippen molar-refractivity contribution >= 4 is 17.8 Å². The van der Waals surface area contributed by atoms with Crippen LogP contribution in [0.3, 0.4) is 0 Å². The van der Waals surface area contributed by atoms with E-state index < -0.39 is 0 Å². The topological polar surface area (TPSA) is 46.6 Å². The first-order valence-corrected chi connectivity index (χ1v) is 5.70. The molecule has 0 fully saturated rings. The first-order valence-electron chi connectivity index (χ1n) is 5.70. The number of nitrogens with zero attached hydrogens (tertiary/aromatic N) is 1. The second kappa shape index (κ2) is 6.59. The minimum atomic E-state index is -0.201. The fraction of sp³-hybridized carbons (Fsp3) is 0.286. The highest BCUT2D eigenvalue weighted by molar-refractivity contribution is 6.06. The number of carbonyl (C=O) groups excluding carboxylic acids is 2. The SMILES string of the molecule is CCOc1ccc(C(=O)C=CC=O)cc1N(C)C. The fourth-order valence-corrected chi connectivity index (χ4v) is 1.52. The van der Waals surface area contributed by atoms with Crippen molar-refractivity contribution in [3.63, 3.8) is 0 Å². The Balaban J connectivity index is 3.10. The average Bonchev–Trinajstić information content (AvgIpc) is 2.36. The minimum absolute atomic E-state index is 0.201. The summed E-state index contributed by atoms with van der Waals surface area (Å²) in [6, 6.07) is 5.21. The van der Waals surface area contributed by atoms with Crippen LogP contribution < -0.4 is 9.64 Å². The van der Waals surface area contributed by atoms with Gasteiger partial charge in [0, 0.05) is 19.7 Å². The summed E-state index contributed by atoms with van der Waals surface area (Å²) in [6.45, 7) is 2.48. The molecule has 0 saturated heterocycles. The summed E-state index contributed by atoms with van der Waals surface area (Å²) in [5.74, 6) is 0.534. The highest BCUT2D eigenvalue weighted by Crippen LogP contribution is 2.28. The van der Waals surface area contributed by atoms with Crippen molar-refractivity contribution in [3.05, 3.63) is 35.9 Å². The van der Waals surface area contributed by atoms with Crippen LogP contribution in [0.25, 0.3) is 0 Å². The first kappa shape index (κ1) is 14.0. The summed E-state index contributed by atoms with van der Waals surface area (Å²) in [6.07, 6.45) is 3.02. The van der Waals surface area contributed by atoms with E-state index in [0.717, 1.165) is 11.4 Å². The maximum atomic E-state index is 11.7. The van der Waals surface area contributed by atoms with Crippen molar-refractivity contribution in [1.29, 1.82) is 0 Å². The predicted molar refractivity (Wildman–Crippen MR) is 71.5 cm³/mol. The molecule has 0 radical (unpaired) electrons. The third kappa shape index (κ3) is 3.45. The lowest BCUT2D eigenvalue weighted by atomic mass is 10.1. The molecule has 0 saturated carbocycles. The minimum Gasteiger partial charge on any atom is -0.492 e. The van der Waals surface area contributed by atoms with Crippen molar-refractivity contribution < 1.29 is 14.3 Å². The molecule has 0 aliphatic heterocycles. The van der Waals surface area contributed by atoms with E-state index in [0.29, 0.717) is 18.5 Å². The van der Waals surface area contributed by atoms with Gasteiger partial charge in [-0.05, 0) is 37.3 Å². The van der Waals surface area contributed by atoms with Gasteiger partial charge in [-0.3, -0.25) is 9.59 Å². The second-order valence-electron chi connectivity index (χ2n) is 3.87. The van der Waals surface area contributed by atoms with Gasteiger partial charge >= 0.3 is 0 Å². The van der Waals surface area contributed by atoms with E-state index in [-0.39, 0.29) is 5.78 Å². The van der Waals surface area contributed by atoms with Gasteiger partial charge in [0.15, 0.2) is 5.78 Å². The zero-order valence-corrected chi connectivity index (χ0v) is 10.8. The molecule has 1 rings (SSSR count). The summed E-state index contributed by atoms with van der Waals surface area (Å²) >= 11 is 0. The van der Waals surface area contributed by atoms with Crippen molar-refractivity contribution in [2.24, 2.45) is 0 Å². The molecule has 0 aliphatic carbocycles. The molecule has 0 aliphatic rings. The Morgan fingerprint density at radius 1 is 1.39 bits per heavy atom. The number of carbonyl (C=O) groups is 2. The number of ether oxygens (including phenoxy) is 1. The zero-order chi connectivity index (χ0) is 13.5. The van der Waals surface area contributed by atoms with Gasteiger partial charge in [-0.15, -0.1) is 0 Å². The number of ketones is 1. The molecule has 4 heteroatoms. The van der Waals surface area contributed by atoms with E-state index in [1.807, 2.05) is 25.9 Å². The van der Waals surface area contributed by atoms with Crippen LogP contribution in [0.15, 0.2) is 30.4 Å². The Morgan fingerprint density at radius 2 is 2.11 bits per heavy atom. The summed E-state index contributed by atoms with van der Waals surface area (Å²) in [7, 11) is 3.76. The Morgan fingerprint density at radius 3 is 2.67 bits per heavy atom. The molecule has 0 heterocycles. The fourth-order valence-electron chi connectivity index (χ4n) is 1.52. The first-order chi connectivity index (χ1) is 8.60. The van der Waals surface area contributed by atoms with Crippen LogP contribution in [0.4, 0.5) is 5.69 Å². The van der Waals surface area contributed by atoms with Crippen LogP contribution >= 0.6 is 0 Å². The van der Waals surface area contributed by atoms with Gasteiger partial charge in [-0.1, -0.05) is 0 Å². The monoisotopic (exact) mass is 247 g/mol. The predicted octanol–water partition coefficient (Wildman–Crippen LogP) is 2.09. The van der Waals surface area contributed by atoms with Gasteiger partial charge in [0.2, 0.25) is 0 Å². The molecule has 0 bridgehead atoms. The number of hydrogen-bond donors (Lipinski definition) is 0. The third-order valence-electron chi connectivity index (χ3n) is 2.35. The normalized spacial score (nSPS) is 10.4. The van der Waals surface area contributed by atoms with Crippen LogP contribution in [0.1, 0.15) is 17.3 Å². The van der Waals surface area contributed by atoms with Gasteiger partial charge in [-0.25, -0.2) is 0 Å². The lowest BCUT2D eigenvalue weighted by molar-refractivity contribution is -0.104. The number of anilines is 1. The standard InChI is InChI=1S/C14H17NO3/c1-4-18-14-8-7-11(10-12(14)15(2)3)13(17)6-5-9-16/h5-10H,4H2,1-3H3. The molecule has 0 atom stereocenters. The van der Waals surface area contributed by atoms with Gasteiger partial charge in [0.1, 0.15) is 12.0 Å². The van der Waals surface area contributed by atoms with Crippen LogP contribution in [-0.2, 0) is 4.79 Å². The second-order valence-corrected chi connectivity index (χ2v) is 3.87. The Kier molecular flexibility index (Phi) is 5.11. The van der Waals surface area contributed by atoms with E-state index in [1.54, 1.807) is 18.2 Å². The number of benzene rings is 1. The number of rotatable bonds is 6. The third-order valence-corrected chi connectivity index (χ3v) is 2.35. The zero-order valence-electron chi connectivity index (χ0n) is 10.8. The maximum Gasteiger partial charge on any atom is 0.186 e. The number of hydrogen-bond acceptors (Lipinski definition) is 4. The van der Waals surface area contributed by atoms with E-state index >= 15 is 0 Å². The van der Waals surface area contributed by atoms with Gasteiger partial charge < -0.3 is 9.64 Å². The summed E-state index contributed by atoms with van der Waals surface area (Å²) in [5.41, 5.74) is 1.36. The van der Waals surface area contributed by atoms with Crippen molar-refractivity contribution in [3.8, 4) is 5.75 Å². The van der Waals surface area contributed by atoms with E-state index in [9.17, 15) is 9.59 Å². The van der Waals surface area contributed by atoms with Gasteiger partial charge in [0.25, 0.3) is 0 Å². The molecule has 4 nitrogen and oxygen atoms in total. The molecule has 1 aromatic carbocycles. The van der Waals surface area contributed by atoms with E-state index in [2.05, 4.69) is 0 Å². The molecular weight excluding hydrogens is 230 g/mol. The average molecular weight is 247 g/mol. The summed E-state index contributed by atoms with van der Waals surface area (Å²) < 4.78 is 5.49. The van der Waals surface area contributed by atoms with Gasteiger partial charge in [0.05, 0.1) is 12.3 Å². The van der Waals surface area contributed by atoms with Gasteiger partial charge in [-0.2, -0.15) is 0 Å². The lowest BCUT2D eigenvalue weighted by Crippen LogP contribution is -2.12. The van der Waals surface area contributed by atoms with Crippen molar-refractivity contribution in [2.45, 2.75) is 6.92 Å². The van der Waals surface area contributed by atoms with Crippen LogP contribution in [0.2, 0.25) is 0 Å². The largest absolute Gasteiger partial charge is 0.492 e. The molecule has 0 amide bonds. The quantitative estimate of drug-likeness (QED) is 0.439. The van der Waals surface area contributed by atoms with E-state index in [4.69, 9.17) is 4.74 Å². The molecule has 0 unspecified atom stereocenters. The van der Waals surface area contributed by atoms with Crippen LogP contribution in [0.5, 0.6) is 5.75 Å². The molecule has 0 N–H and O–H groups in total. The smallest absolute Gasteiger partial charge is 0.186 e. The van der Waals surface area contributed by atoms with Crippen molar-refractivity contribution in [1.82, 2.24) is 0 Å². The summed E-state index contributed by atoms with van der Waals surface area (Å²) in [4.78, 5) is 23.8. The Bertz CT molecular complexity index is 464. The molecule has 96 valence electrons. The summed E-state index contributed by atoms with van der Waals surface area (Å²) in [5, 5.41) is 0. The highest BCUT2D eigenvalue weighted by Gasteiger charge is 2.10. The molecule has 0 spiro atoms. The Labute approximate surface area is 107 Å². The van der Waals surface area contributed by atoms with Crippen LogP contribution in [-0.4, -0.2) is 32.8 Å². The Hall–Kier alpha value is -2.10. The number of allylic oxidation sites excluding steroid dienone is 2. The molecule has 1 aromatic rings. The number of aldehydes is 1. The highest BCUT2D eigenvalue weighted by atomic mass is 16.5. The van der Waals surface area contributed by atoms with E-state index in [1.165, 1.54) is 12.2 Å². The molecule has 18 heavy (non-hydrogen) atoms. The van der Waals surface area contributed by atoms with Crippen molar-refractivity contribution in [2.75, 3.05) is 25.6 Å². The van der Waals surface area contributed by atoms with Crippen LogP contribution in [0, 0.1) is 0 Å². The lowest BCUT2D eigenvalue weighted by Gasteiger charge is -2.18. The molecule has 0 aromatic heterocycles.